The molecule has 1 aromatic heterocycles. The number of likely N-dealkylation sites (N-methyl/N-ethyl adjacent to an activating group) is 1. The fraction of sp³-hybridized carbons (Fsp3) is 0.550. The molecular formula is C20H30N6O. The molecule has 1 amide bonds. The first-order valence-corrected chi connectivity index (χ1v) is 9.74. The molecule has 1 fully saturated rings. The van der Waals surface area contributed by atoms with Crippen molar-refractivity contribution < 1.29 is 4.79 Å². The number of rotatable bonds is 7. The summed E-state index contributed by atoms with van der Waals surface area (Å²) in [7, 11) is 4.05. The van der Waals surface area contributed by atoms with E-state index in [0.29, 0.717) is 18.3 Å². The lowest BCUT2D eigenvalue weighted by atomic mass is 10.0. The van der Waals surface area contributed by atoms with Crippen molar-refractivity contribution in [3.63, 3.8) is 0 Å². The number of amides is 1. The van der Waals surface area contributed by atoms with Gasteiger partial charge in [0.25, 0.3) is 5.91 Å². The molecule has 2 N–H and O–H groups in total. The second-order valence-electron chi connectivity index (χ2n) is 7.35. The Hall–Kier alpha value is -2.25. The molecule has 0 bridgehead atoms. The van der Waals surface area contributed by atoms with E-state index in [1.807, 2.05) is 18.8 Å². The third-order valence-electron chi connectivity index (χ3n) is 5.28. The summed E-state index contributed by atoms with van der Waals surface area (Å²) in [5.74, 6) is -0.174. The molecule has 1 unspecified atom stereocenters. The second kappa shape index (κ2) is 9.10. The summed E-state index contributed by atoms with van der Waals surface area (Å²) in [6, 6.07) is 9.02. The highest BCUT2D eigenvalue weighted by molar-refractivity contribution is 5.91. The Balaban J connectivity index is 1.61. The smallest absolute Gasteiger partial charge is 0.273 e. The Kier molecular flexibility index (Phi) is 6.58. The number of hydrogen-bond acceptors (Lipinski definition) is 5. The van der Waals surface area contributed by atoms with E-state index in [1.165, 1.54) is 11.1 Å². The highest BCUT2D eigenvalue weighted by Crippen LogP contribution is 2.19. The number of piperidine rings is 1. The van der Waals surface area contributed by atoms with Crippen LogP contribution in [0.25, 0.3) is 0 Å². The van der Waals surface area contributed by atoms with Gasteiger partial charge in [0.1, 0.15) is 0 Å². The van der Waals surface area contributed by atoms with Crippen molar-refractivity contribution in [2.45, 2.75) is 38.3 Å². The zero-order chi connectivity index (χ0) is 19.2. The van der Waals surface area contributed by atoms with E-state index in [1.54, 1.807) is 6.20 Å². The van der Waals surface area contributed by atoms with Gasteiger partial charge in [-0.15, -0.1) is 5.10 Å². The third kappa shape index (κ3) is 4.93. The summed E-state index contributed by atoms with van der Waals surface area (Å²) in [4.78, 5) is 14.7. The lowest BCUT2D eigenvalue weighted by molar-refractivity contribution is 0.0937. The van der Waals surface area contributed by atoms with Gasteiger partial charge in [-0.25, -0.2) is 4.68 Å². The number of carbonyl (C=O) groups excluding carboxylic acids is 1. The number of benzene rings is 1. The first kappa shape index (κ1) is 19.5. The van der Waals surface area contributed by atoms with E-state index < -0.39 is 0 Å². The van der Waals surface area contributed by atoms with Crippen LogP contribution in [-0.2, 0) is 6.42 Å². The number of aromatic nitrogens is 3. The van der Waals surface area contributed by atoms with Crippen LogP contribution in [0.5, 0.6) is 0 Å². The first-order chi connectivity index (χ1) is 13.1. The van der Waals surface area contributed by atoms with Crippen molar-refractivity contribution in [3.05, 3.63) is 47.3 Å². The molecule has 7 nitrogen and oxygen atoms in total. The Morgan fingerprint density at radius 1 is 1.30 bits per heavy atom. The summed E-state index contributed by atoms with van der Waals surface area (Å²) in [5.41, 5.74) is 2.89. The van der Waals surface area contributed by atoms with Gasteiger partial charge >= 0.3 is 0 Å². The molecule has 1 aliphatic heterocycles. The topological polar surface area (TPSA) is 75.1 Å². The maximum Gasteiger partial charge on any atom is 0.273 e. The van der Waals surface area contributed by atoms with Crippen LogP contribution in [0.2, 0.25) is 0 Å². The van der Waals surface area contributed by atoms with Gasteiger partial charge < -0.3 is 15.5 Å². The van der Waals surface area contributed by atoms with E-state index in [2.05, 4.69) is 57.0 Å². The Labute approximate surface area is 161 Å². The van der Waals surface area contributed by atoms with E-state index in [-0.39, 0.29) is 11.9 Å². The quantitative estimate of drug-likeness (QED) is 0.777. The van der Waals surface area contributed by atoms with Gasteiger partial charge in [-0.3, -0.25) is 4.79 Å². The highest BCUT2D eigenvalue weighted by atomic mass is 16.2. The van der Waals surface area contributed by atoms with Crippen LogP contribution in [0.15, 0.2) is 30.5 Å². The standard InChI is InChI=1S/C20H30N6O/c1-4-15-5-7-16(8-6-15)19(25(2)3)13-22-20(27)18-14-26(24-23-18)17-9-11-21-12-10-17/h5-8,14,17,19,21H,4,9-13H2,1-3H3,(H,22,27). The molecule has 2 aromatic rings. The lowest BCUT2D eigenvalue weighted by Crippen LogP contribution is -2.34. The minimum absolute atomic E-state index is 0.110. The number of nitrogens with zero attached hydrogens (tertiary/aromatic N) is 4. The SMILES string of the molecule is CCc1ccc(C(CNC(=O)c2cn(C3CCNCC3)nn2)N(C)C)cc1. The maximum atomic E-state index is 12.5. The predicted molar refractivity (Wildman–Crippen MR) is 106 cm³/mol. The molecule has 1 atom stereocenters. The molecule has 27 heavy (non-hydrogen) atoms. The largest absolute Gasteiger partial charge is 0.349 e. The average molecular weight is 371 g/mol. The van der Waals surface area contributed by atoms with Crippen LogP contribution in [0.1, 0.15) is 53.5 Å². The predicted octanol–water partition coefficient (Wildman–Crippen LogP) is 1.80. The molecule has 3 rings (SSSR count). The summed E-state index contributed by atoms with van der Waals surface area (Å²) < 4.78 is 1.84. The highest BCUT2D eigenvalue weighted by Gasteiger charge is 2.20. The number of aryl methyl sites for hydroxylation is 1. The van der Waals surface area contributed by atoms with Gasteiger partial charge in [0, 0.05) is 6.54 Å². The van der Waals surface area contributed by atoms with E-state index in [9.17, 15) is 4.79 Å². The van der Waals surface area contributed by atoms with Gasteiger partial charge in [0.2, 0.25) is 0 Å². The minimum Gasteiger partial charge on any atom is -0.349 e. The number of carbonyl (C=O) groups is 1. The maximum absolute atomic E-state index is 12.5. The van der Waals surface area contributed by atoms with Crippen molar-refractivity contribution in [1.29, 1.82) is 0 Å². The van der Waals surface area contributed by atoms with Gasteiger partial charge in [-0.05, 0) is 57.6 Å². The summed E-state index contributed by atoms with van der Waals surface area (Å²) in [5, 5.41) is 14.6. The normalized spacial score (nSPS) is 16.4. The fourth-order valence-corrected chi connectivity index (χ4v) is 3.48. The molecule has 0 radical (unpaired) electrons. The molecular weight excluding hydrogens is 340 g/mol. The van der Waals surface area contributed by atoms with E-state index in [0.717, 1.165) is 32.4 Å². The monoisotopic (exact) mass is 370 g/mol. The molecule has 146 valence electrons. The molecule has 0 spiro atoms. The van der Waals surface area contributed by atoms with Crippen molar-refractivity contribution in [1.82, 2.24) is 30.5 Å². The van der Waals surface area contributed by atoms with Crippen LogP contribution in [0, 0.1) is 0 Å². The lowest BCUT2D eigenvalue weighted by Gasteiger charge is -2.25. The Morgan fingerprint density at radius 3 is 2.63 bits per heavy atom. The minimum atomic E-state index is -0.174. The second-order valence-corrected chi connectivity index (χ2v) is 7.35. The van der Waals surface area contributed by atoms with Crippen molar-refractivity contribution >= 4 is 5.91 Å². The van der Waals surface area contributed by atoms with Crippen molar-refractivity contribution in [2.75, 3.05) is 33.7 Å². The molecule has 0 aliphatic carbocycles. The van der Waals surface area contributed by atoms with Crippen LogP contribution >= 0.6 is 0 Å². The van der Waals surface area contributed by atoms with Gasteiger partial charge in [-0.2, -0.15) is 0 Å². The summed E-state index contributed by atoms with van der Waals surface area (Å²) in [6.07, 6.45) is 4.82. The third-order valence-corrected chi connectivity index (χ3v) is 5.28. The van der Waals surface area contributed by atoms with Crippen molar-refractivity contribution in [3.8, 4) is 0 Å². The zero-order valence-corrected chi connectivity index (χ0v) is 16.5. The van der Waals surface area contributed by atoms with Gasteiger partial charge in [0.15, 0.2) is 5.69 Å². The molecule has 0 saturated carbocycles. The first-order valence-electron chi connectivity index (χ1n) is 9.74. The van der Waals surface area contributed by atoms with E-state index in [4.69, 9.17) is 0 Å². The Bertz CT molecular complexity index is 733. The summed E-state index contributed by atoms with van der Waals surface area (Å²) in [6.45, 7) is 4.63. The number of hydrogen-bond donors (Lipinski definition) is 2. The van der Waals surface area contributed by atoms with Gasteiger partial charge in [0.05, 0.1) is 18.3 Å². The van der Waals surface area contributed by atoms with Gasteiger partial charge in [-0.1, -0.05) is 36.4 Å². The Morgan fingerprint density at radius 2 is 2.00 bits per heavy atom. The average Bonchev–Trinajstić information content (AvgIpc) is 3.19. The molecule has 2 heterocycles. The molecule has 1 saturated heterocycles. The summed E-state index contributed by atoms with van der Waals surface area (Å²) >= 11 is 0. The zero-order valence-electron chi connectivity index (χ0n) is 16.5. The fourth-order valence-electron chi connectivity index (χ4n) is 3.48. The van der Waals surface area contributed by atoms with Crippen LogP contribution in [0.3, 0.4) is 0 Å². The number of nitrogens with one attached hydrogen (secondary N) is 2. The van der Waals surface area contributed by atoms with Crippen LogP contribution in [0.4, 0.5) is 0 Å². The molecule has 1 aliphatic rings. The van der Waals surface area contributed by atoms with Crippen LogP contribution in [-0.4, -0.2) is 59.5 Å². The van der Waals surface area contributed by atoms with Crippen molar-refractivity contribution in [2.24, 2.45) is 0 Å². The molecule has 1 aromatic carbocycles. The molecule has 7 heteroatoms. The van der Waals surface area contributed by atoms with Crippen LogP contribution < -0.4 is 10.6 Å². The van der Waals surface area contributed by atoms with E-state index >= 15 is 0 Å².